The number of carbonyl (C=O) groups excluding carboxylic acids is 1. The van der Waals surface area contributed by atoms with Crippen molar-refractivity contribution in [3.63, 3.8) is 0 Å². The summed E-state index contributed by atoms with van der Waals surface area (Å²) in [4.78, 5) is 25.4. The van der Waals surface area contributed by atoms with Crippen LogP contribution in [0.4, 0.5) is 4.79 Å². The summed E-state index contributed by atoms with van der Waals surface area (Å²) in [6.45, 7) is 0.221. The van der Waals surface area contributed by atoms with Gasteiger partial charge in [-0.3, -0.25) is 0 Å². The molecule has 2 amide bonds. The van der Waals surface area contributed by atoms with Crippen LogP contribution in [-0.2, 0) is 11.3 Å². The van der Waals surface area contributed by atoms with Crippen LogP contribution in [0, 0.1) is 5.92 Å². The monoisotopic (exact) mass is 293 g/mol. The number of nitrogens with zero attached hydrogens (tertiary/aromatic N) is 2. The van der Waals surface area contributed by atoms with Gasteiger partial charge in [-0.15, -0.1) is 0 Å². The quantitative estimate of drug-likeness (QED) is 0.882. The zero-order valence-corrected chi connectivity index (χ0v) is 11.7. The smallest absolute Gasteiger partial charge is 0.326 e. The van der Waals surface area contributed by atoms with E-state index in [1.807, 2.05) is 0 Å². The molecule has 0 radical (unpaired) electrons. The predicted molar refractivity (Wildman–Crippen MR) is 72.4 cm³/mol. The maximum atomic E-state index is 12.4. The Hall–Kier alpha value is -2.05. The molecule has 0 bridgehead atoms. The van der Waals surface area contributed by atoms with Gasteiger partial charge in [-0.05, 0) is 25.2 Å². The highest BCUT2D eigenvalue weighted by molar-refractivity contribution is 5.83. The first-order valence-corrected chi connectivity index (χ1v) is 7.35. The molecule has 2 N–H and O–H groups in total. The Morgan fingerprint density at radius 1 is 1.43 bits per heavy atom. The molecule has 3 rings (SSSR count). The Morgan fingerprint density at radius 3 is 2.95 bits per heavy atom. The maximum Gasteiger partial charge on any atom is 0.326 e. The number of hydrogen-bond acceptors (Lipinski definition) is 4. The third-order valence-corrected chi connectivity index (χ3v) is 4.51. The summed E-state index contributed by atoms with van der Waals surface area (Å²) < 4.78 is 4.93. The zero-order chi connectivity index (χ0) is 14.8. The summed E-state index contributed by atoms with van der Waals surface area (Å²) in [5, 5.41) is 15.7. The van der Waals surface area contributed by atoms with Crippen molar-refractivity contribution in [2.75, 3.05) is 0 Å². The van der Waals surface area contributed by atoms with E-state index in [0.717, 1.165) is 25.7 Å². The molecule has 21 heavy (non-hydrogen) atoms. The van der Waals surface area contributed by atoms with Crippen LogP contribution in [0.15, 0.2) is 16.8 Å². The molecule has 1 aromatic heterocycles. The summed E-state index contributed by atoms with van der Waals surface area (Å²) in [7, 11) is 0. The van der Waals surface area contributed by atoms with E-state index in [9.17, 15) is 14.7 Å². The van der Waals surface area contributed by atoms with Crippen LogP contribution in [0.1, 0.15) is 37.9 Å². The Bertz CT molecular complexity index is 516. The second-order valence-corrected chi connectivity index (χ2v) is 5.75. The van der Waals surface area contributed by atoms with Crippen LogP contribution in [0.25, 0.3) is 0 Å². The molecule has 0 aromatic carbocycles. The van der Waals surface area contributed by atoms with E-state index in [4.69, 9.17) is 4.52 Å². The zero-order valence-electron chi connectivity index (χ0n) is 11.7. The molecular weight excluding hydrogens is 274 g/mol. The molecule has 3 unspecified atom stereocenters. The highest BCUT2D eigenvalue weighted by Gasteiger charge is 2.47. The molecule has 1 saturated carbocycles. The second-order valence-electron chi connectivity index (χ2n) is 5.75. The molecular formula is C14H19N3O4. The third kappa shape index (κ3) is 2.72. The lowest BCUT2D eigenvalue weighted by Gasteiger charge is -2.32. The number of carboxylic acids is 1. The fourth-order valence-electron chi connectivity index (χ4n) is 3.56. The number of likely N-dealkylation sites (tertiary alicyclic amines) is 1. The molecule has 0 spiro atoms. The number of nitrogens with one attached hydrogen (secondary N) is 1. The van der Waals surface area contributed by atoms with Gasteiger partial charge in [0.05, 0.1) is 12.7 Å². The van der Waals surface area contributed by atoms with Crippen LogP contribution < -0.4 is 5.32 Å². The fraction of sp³-hybridized carbons (Fsp3) is 0.643. The van der Waals surface area contributed by atoms with Gasteiger partial charge in [0.1, 0.15) is 6.04 Å². The average molecular weight is 293 g/mol. The first kappa shape index (κ1) is 13.9. The standard InChI is InChI=1S/C14H19N3O4/c18-13(19)12-7-9-3-1-2-4-11(9)17(12)14(20)15-8-10-5-6-16-21-10/h5-6,9,11-12H,1-4,7-8H2,(H,15,20)(H,18,19). The summed E-state index contributed by atoms with van der Waals surface area (Å²) in [6.07, 6.45) is 6.16. The molecule has 1 aliphatic heterocycles. The van der Waals surface area contributed by atoms with Gasteiger partial charge in [-0.2, -0.15) is 0 Å². The number of urea groups is 1. The number of amides is 2. The van der Waals surface area contributed by atoms with E-state index in [2.05, 4.69) is 10.5 Å². The summed E-state index contributed by atoms with van der Waals surface area (Å²) in [6, 6.07) is 0.679. The lowest BCUT2D eigenvalue weighted by molar-refractivity contribution is -0.141. The van der Waals surface area contributed by atoms with Crippen LogP contribution in [-0.4, -0.2) is 39.2 Å². The second kappa shape index (κ2) is 5.75. The van der Waals surface area contributed by atoms with Gasteiger partial charge in [0.15, 0.2) is 5.76 Å². The van der Waals surface area contributed by atoms with Crippen molar-refractivity contribution in [2.45, 2.75) is 50.7 Å². The summed E-state index contributed by atoms with van der Waals surface area (Å²) in [5.41, 5.74) is 0. The van der Waals surface area contributed by atoms with Crippen molar-refractivity contribution in [1.29, 1.82) is 0 Å². The van der Waals surface area contributed by atoms with Crippen LogP contribution >= 0.6 is 0 Å². The lowest BCUT2D eigenvalue weighted by Crippen LogP contribution is -2.50. The molecule has 7 heteroatoms. The van der Waals surface area contributed by atoms with Crippen LogP contribution in [0.5, 0.6) is 0 Å². The Labute approximate surface area is 122 Å². The van der Waals surface area contributed by atoms with E-state index >= 15 is 0 Å². The number of carbonyl (C=O) groups is 2. The Balaban J connectivity index is 1.70. The minimum absolute atomic E-state index is 0.0505. The lowest BCUT2D eigenvalue weighted by atomic mass is 9.85. The highest BCUT2D eigenvalue weighted by Crippen LogP contribution is 2.39. The van der Waals surface area contributed by atoms with Gasteiger partial charge in [-0.1, -0.05) is 18.0 Å². The molecule has 3 atom stereocenters. The first-order chi connectivity index (χ1) is 10.2. The molecule has 2 aliphatic rings. The van der Waals surface area contributed by atoms with Gasteiger partial charge < -0.3 is 19.8 Å². The van der Waals surface area contributed by atoms with E-state index in [-0.39, 0.29) is 18.6 Å². The van der Waals surface area contributed by atoms with E-state index in [0.29, 0.717) is 18.1 Å². The number of hydrogen-bond donors (Lipinski definition) is 2. The molecule has 2 fully saturated rings. The van der Waals surface area contributed by atoms with Gasteiger partial charge in [0.25, 0.3) is 0 Å². The number of aliphatic carboxylic acids is 1. The van der Waals surface area contributed by atoms with Crippen LogP contribution in [0.2, 0.25) is 0 Å². The first-order valence-electron chi connectivity index (χ1n) is 7.35. The Morgan fingerprint density at radius 2 is 2.24 bits per heavy atom. The van der Waals surface area contributed by atoms with Crippen molar-refractivity contribution in [3.8, 4) is 0 Å². The summed E-state index contributed by atoms with van der Waals surface area (Å²) >= 11 is 0. The molecule has 1 aromatic rings. The van der Waals surface area contributed by atoms with Crippen molar-refractivity contribution in [2.24, 2.45) is 5.92 Å². The summed E-state index contributed by atoms with van der Waals surface area (Å²) in [5.74, 6) is -0.0512. The predicted octanol–water partition coefficient (Wildman–Crippen LogP) is 1.60. The van der Waals surface area contributed by atoms with Crippen molar-refractivity contribution < 1.29 is 19.2 Å². The van der Waals surface area contributed by atoms with Crippen molar-refractivity contribution in [3.05, 3.63) is 18.0 Å². The minimum atomic E-state index is -0.917. The molecule has 114 valence electrons. The number of fused-ring (bicyclic) bond motifs is 1. The molecule has 1 aliphatic carbocycles. The van der Waals surface area contributed by atoms with Crippen molar-refractivity contribution >= 4 is 12.0 Å². The topological polar surface area (TPSA) is 95.7 Å². The Kier molecular flexibility index (Phi) is 3.81. The van der Waals surface area contributed by atoms with Gasteiger partial charge in [-0.25, -0.2) is 9.59 Å². The molecule has 2 heterocycles. The number of aromatic nitrogens is 1. The van der Waals surface area contributed by atoms with Gasteiger partial charge in [0, 0.05) is 12.1 Å². The van der Waals surface area contributed by atoms with E-state index in [1.54, 1.807) is 6.07 Å². The average Bonchev–Trinajstić information content (AvgIpc) is 3.11. The number of rotatable bonds is 3. The maximum absolute atomic E-state index is 12.4. The molecule has 1 saturated heterocycles. The largest absolute Gasteiger partial charge is 0.480 e. The fourth-order valence-corrected chi connectivity index (χ4v) is 3.56. The van der Waals surface area contributed by atoms with E-state index < -0.39 is 12.0 Å². The molecule has 7 nitrogen and oxygen atoms in total. The van der Waals surface area contributed by atoms with Gasteiger partial charge in [0.2, 0.25) is 0 Å². The van der Waals surface area contributed by atoms with Gasteiger partial charge >= 0.3 is 12.0 Å². The highest BCUT2D eigenvalue weighted by atomic mass is 16.5. The third-order valence-electron chi connectivity index (χ3n) is 4.51. The van der Waals surface area contributed by atoms with Crippen molar-refractivity contribution in [1.82, 2.24) is 15.4 Å². The normalized spacial score (nSPS) is 28.2. The van der Waals surface area contributed by atoms with E-state index in [1.165, 1.54) is 11.1 Å². The SMILES string of the molecule is O=C(O)C1CC2CCCCC2N1C(=O)NCc1ccno1. The number of carboxylic acid groups (broad SMARTS) is 1. The minimum Gasteiger partial charge on any atom is -0.480 e. The van der Waals surface area contributed by atoms with Crippen LogP contribution in [0.3, 0.4) is 0 Å².